The minimum atomic E-state index is -0.523. The molecular weight excluding hydrogens is 372 g/mol. The van der Waals surface area contributed by atoms with Crippen molar-refractivity contribution in [1.29, 1.82) is 0 Å². The average molecular weight is 399 g/mol. The molecule has 1 amide bonds. The first-order valence-electron chi connectivity index (χ1n) is 8.41. The molecule has 5 nitrogen and oxygen atoms in total. The summed E-state index contributed by atoms with van der Waals surface area (Å²) in [7, 11) is 0. The molecule has 1 N–H and O–H groups in total. The van der Waals surface area contributed by atoms with E-state index in [1.54, 1.807) is 0 Å². The molecule has 1 unspecified atom stereocenters. The fraction of sp³-hybridized carbons (Fsp3) is 0.611. The highest BCUT2D eigenvalue weighted by atomic mass is 79.9. The molecule has 0 spiro atoms. The highest BCUT2D eigenvalue weighted by Crippen LogP contribution is 2.33. The van der Waals surface area contributed by atoms with E-state index < -0.39 is 11.7 Å². The van der Waals surface area contributed by atoms with Gasteiger partial charge in [-0.15, -0.1) is 0 Å². The van der Waals surface area contributed by atoms with E-state index in [0.29, 0.717) is 0 Å². The van der Waals surface area contributed by atoms with Gasteiger partial charge in [-0.05, 0) is 44.9 Å². The monoisotopic (exact) mass is 398 g/mol. The first-order chi connectivity index (χ1) is 11.3. The third-order valence-corrected chi connectivity index (χ3v) is 4.38. The molecule has 2 rings (SSSR count). The number of ether oxygens (including phenoxy) is 2. The lowest BCUT2D eigenvalue weighted by Gasteiger charge is -2.35. The van der Waals surface area contributed by atoms with Gasteiger partial charge < -0.3 is 9.47 Å². The number of nitrogens with one attached hydrogen (secondary N) is 1. The Balaban J connectivity index is 2.23. The maximum atomic E-state index is 12.2. The zero-order valence-corrected chi connectivity index (χ0v) is 16.5. The fourth-order valence-electron chi connectivity index (χ4n) is 2.90. The molecule has 1 heterocycles. The van der Waals surface area contributed by atoms with Crippen LogP contribution in [0.3, 0.4) is 0 Å². The Labute approximate surface area is 152 Å². The highest BCUT2D eigenvalue weighted by Gasteiger charge is 2.25. The predicted molar refractivity (Wildman–Crippen MR) is 99.4 cm³/mol. The summed E-state index contributed by atoms with van der Waals surface area (Å²) in [6.45, 7) is 11.1. The molecule has 1 aliphatic rings. The Morgan fingerprint density at radius 2 is 2.04 bits per heavy atom. The number of nitrogens with zero attached hydrogens (tertiary/aromatic N) is 1. The van der Waals surface area contributed by atoms with Crippen molar-refractivity contribution in [2.24, 2.45) is 0 Å². The predicted octanol–water partition coefficient (Wildman–Crippen LogP) is 4.58. The number of halogens is 1. The van der Waals surface area contributed by atoms with E-state index in [9.17, 15) is 4.79 Å². The van der Waals surface area contributed by atoms with Crippen LogP contribution in [-0.2, 0) is 9.47 Å². The molecule has 24 heavy (non-hydrogen) atoms. The van der Waals surface area contributed by atoms with Crippen molar-refractivity contribution in [2.75, 3.05) is 31.6 Å². The highest BCUT2D eigenvalue weighted by molar-refractivity contribution is 9.10. The quantitative estimate of drug-likeness (QED) is 0.805. The van der Waals surface area contributed by atoms with Crippen LogP contribution in [-0.4, -0.2) is 42.9 Å². The molecule has 1 aromatic carbocycles. The molecule has 1 fully saturated rings. The van der Waals surface area contributed by atoms with Crippen molar-refractivity contribution in [2.45, 2.75) is 45.8 Å². The van der Waals surface area contributed by atoms with Crippen LogP contribution in [0.1, 0.15) is 45.7 Å². The van der Waals surface area contributed by atoms with E-state index in [4.69, 9.17) is 9.47 Å². The van der Waals surface area contributed by atoms with Gasteiger partial charge >= 0.3 is 6.09 Å². The summed E-state index contributed by atoms with van der Waals surface area (Å²) in [5.41, 5.74) is 1.37. The van der Waals surface area contributed by atoms with Crippen LogP contribution >= 0.6 is 15.9 Å². The summed E-state index contributed by atoms with van der Waals surface area (Å²) >= 11 is 3.49. The maximum Gasteiger partial charge on any atom is 0.412 e. The average Bonchev–Trinajstić information content (AvgIpc) is 2.49. The first-order valence-corrected chi connectivity index (χ1v) is 9.20. The summed E-state index contributed by atoms with van der Waals surface area (Å²) in [4.78, 5) is 14.6. The number of rotatable bonds is 4. The van der Waals surface area contributed by atoms with Crippen molar-refractivity contribution in [3.63, 3.8) is 0 Å². The number of carbonyl (C=O) groups excluding carboxylic acids is 1. The Morgan fingerprint density at radius 1 is 1.38 bits per heavy atom. The van der Waals surface area contributed by atoms with Crippen molar-refractivity contribution in [3.05, 3.63) is 28.2 Å². The van der Waals surface area contributed by atoms with Gasteiger partial charge in [0.25, 0.3) is 0 Å². The van der Waals surface area contributed by atoms with Gasteiger partial charge in [0.15, 0.2) is 0 Å². The minimum Gasteiger partial charge on any atom is -0.444 e. The van der Waals surface area contributed by atoms with Crippen LogP contribution in [0.4, 0.5) is 10.5 Å². The molecule has 1 aromatic rings. The number of morpholine rings is 1. The molecule has 0 radical (unpaired) electrons. The molecule has 0 saturated carbocycles. The van der Waals surface area contributed by atoms with Gasteiger partial charge in [-0.3, -0.25) is 10.2 Å². The number of amides is 1. The summed E-state index contributed by atoms with van der Waals surface area (Å²) in [6, 6.07) is 6.26. The van der Waals surface area contributed by atoms with Crippen molar-refractivity contribution >= 4 is 27.7 Å². The zero-order valence-electron chi connectivity index (χ0n) is 14.9. The van der Waals surface area contributed by atoms with Crippen LogP contribution in [0.2, 0.25) is 0 Å². The van der Waals surface area contributed by atoms with Gasteiger partial charge in [-0.25, -0.2) is 4.79 Å². The van der Waals surface area contributed by atoms with Crippen LogP contribution in [0.15, 0.2) is 22.7 Å². The summed E-state index contributed by atoms with van der Waals surface area (Å²) in [6.07, 6.45) is 0.531. The van der Waals surface area contributed by atoms with E-state index in [1.165, 1.54) is 0 Å². The Bertz CT molecular complexity index is 566. The number of benzene rings is 1. The van der Waals surface area contributed by atoms with Crippen molar-refractivity contribution in [3.8, 4) is 0 Å². The minimum absolute atomic E-state index is 0.243. The molecule has 134 valence electrons. The second kappa shape index (κ2) is 8.32. The Kier molecular flexibility index (Phi) is 6.66. The Morgan fingerprint density at radius 3 is 2.62 bits per heavy atom. The number of carbonyl (C=O) groups is 1. The lowest BCUT2D eigenvalue weighted by atomic mass is 10.00. The summed E-state index contributed by atoms with van der Waals surface area (Å²) in [5.74, 6) is 0. The standard InChI is InChI=1S/C18H27BrN2O3/c1-5-16(21-8-10-23-11-9-21)14-7-6-13(19)12-15(14)20-17(22)24-18(2,3)4/h6-7,12,16H,5,8-11H2,1-4H3,(H,20,22). The molecular formula is C18H27BrN2O3. The lowest BCUT2D eigenvalue weighted by Crippen LogP contribution is -2.39. The lowest BCUT2D eigenvalue weighted by molar-refractivity contribution is 0.0153. The van der Waals surface area contributed by atoms with Gasteiger partial charge in [-0.2, -0.15) is 0 Å². The van der Waals surface area contributed by atoms with Gasteiger partial charge in [0.05, 0.1) is 13.2 Å². The molecule has 1 saturated heterocycles. The molecule has 0 bridgehead atoms. The van der Waals surface area contributed by atoms with Crippen LogP contribution in [0.5, 0.6) is 0 Å². The maximum absolute atomic E-state index is 12.2. The summed E-state index contributed by atoms with van der Waals surface area (Å²) < 4.78 is 11.8. The number of anilines is 1. The number of hydrogen-bond donors (Lipinski definition) is 1. The molecule has 1 atom stereocenters. The fourth-order valence-corrected chi connectivity index (χ4v) is 3.27. The molecule has 1 aliphatic heterocycles. The van der Waals surface area contributed by atoms with E-state index >= 15 is 0 Å². The third-order valence-electron chi connectivity index (χ3n) is 3.88. The van der Waals surface area contributed by atoms with Gasteiger partial charge in [0.2, 0.25) is 0 Å². The first kappa shape index (κ1) is 19.2. The smallest absolute Gasteiger partial charge is 0.412 e. The van der Waals surface area contributed by atoms with Gasteiger partial charge in [0, 0.05) is 29.3 Å². The van der Waals surface area contributed by atoms with E-state index in [-0.39, 0.29) is 6.04 Å². The molecule has 0 aliphatic carbocycles. The van der Waals surface area contributed by atoms with E-state index in [0.717, 1.165) is 48.4 Å². The third kappa shape index (κ3) is 5.46. The normalized spacial score (nSPS) is 17.4. The van der Waals surface area contributed by atoms with E-state index in [2.05, 4.69) is 39.1 Å². The van der Waals surface area contributed by atoms with Crippen LogP contribution in [0.25, 0.3) is 0 Å². The second-order valence-electron chi connectivity index (χ2n) is 6.93. The van der Waals surface area contributed by atoms with Gasteiger partial charge in [0.1, 0.15) is 5.60 Å². The SMILES string of the molecule is CCC(c1ccc(Br)cc1NC(=O)OC(C)(C)C)N1CCOCC1. The molecule has 6 heteroatoms. The van der Waals surface area contributed by atoms with Gasteiger partial charge in [-0.1, -0.05) is 28.9 Å². The molecule has 0 aromatic heterocycles. The van der Waals surface area contributed by atoms with Crippen molar-refractivity contribution < 1.29 is 14.3 Å². The topological polar surface area (TPSA) is 50.8 Å². The largest absolute Gasteiger partial charge is 0.444 e. The second-order valence-corrected chi connectivity index (χ2v) is 7.85. The van der Waals surface area contributed by atoms with Crippen LogP contribution < -0.4 is 5.32 Å². The number of hydrogen-bond acceptors (Lipinski definition) is 4. The van der Waals surface area contributed by atoms with E-state index in [1.807, 2.05) is 32.9 Å². The summed E-state index contributed by atoms with van der Waals surface area (Å²) in [5, 5.41) is 2.91. The van der Waals surface area contributed by atoms with Crippen molar-refractivity contribution in [1.82, 2.24) is 4.90 Å². The Hall–Kier alpha value is -1.11. The zero-order chi connectivity index (χ0) is 17.7. The van der Waals surface area contributed by atoms with Crippen LogP contribution in [0, 0.1) is 0 Å².